The van der Waals surface area contributed by atoms with Gasteiger partial charge in [0, 0.05) is 4.88 Å². The lowest BCUT2D eigenvalue weighted by Crippen LogP contribution is -2.26. The zero-order valence-electron chi connectivity index (χ0n) is 12.9. The highest BCUT2D eigenvalue weighted by Gasteiger charge is 2.23. The van der Waals surface area contributed by atoms with Crippen LogP contribution < -0.4 is 10.1 Å². The van der Waals surface area contributed by atoms with Gasteiger partial charge in [-0.1, -0.05) is 0 Å². The molecule has 130 valence electrons. The Labute approximate surface area is 144 Å². The Balaban J connectivity index is 2.17. The SMILES string of the molecule is Cc1cc(OC(F)F)c(C(=O)NC(C)c2nc(C)c(C(=O)O)s2)s1. The molecule has 2 N–H and O–H groups in total. The molecule has 2 aromatic rings. The fraction of sp³-hybridized carbons (Fsp3) is 0.357. The Morgan fingerprint density at radius 1 is 1.29 bits per heavy atom. The summed E-state index contributed by atoms with van der Waals surface area (Å²) >= 11 is 1.99. The third-order valence-corrected chi connectivity index (χ3v) is 5.33. The van der Waals surface area contributed by atoms with Crippen molar-refractivity contribution in [3.63, 3.8) is 0 Å². The molecule has 0 aliphatic heterocycles. The molecule has 0 spiro atoms. The third kappa shape index (κ3) is 4.06. The van der Waals surface area contributed by atoms with Crippen molar-refractivity contribution in [1.82, 2.24) is 10.3 Å². The van der Waals surface area contributed by atoms with Crippen molar-refractivity contribution >= 4 is 34.6 Å². The lowest BCUT2D eigenvalue weighted by atomic mass is 10.3. The predicted molar refractivity (Wildman–Crippen MR) is 85.4 cm³/mol. The Hall–Kier alpha value is -2.07. The fourth-order valence-corrected chi connectivity index (χ4v) is 3.71. The number of nitrogens with zero attached hydrogens (tertiary/aromatic N) is 1. The van der Waals surface area contributed by atoms with Gasteiger partial charge in [-0.15, -0.1) is 22.7 Å². The molecule has 0 fully saturated rings. The third-order valence-electron chi connectivity index (χ3n) is 2.97. The zero-order valence-corrected chi connectivity index (χ0v) is 14.6. The van der Waals surface area contributed by atoms with Crippen LogP contribution in [0.5, 0.6) is 5.75 Å². The van der Waals surface area contributed by atoms with Gasteiger partial charge >= 0.3 is 12.6 Å². The molecule has 24 heavy (non-hydrogen) atoms. The lowest BCUT2D eigenvalue weighted by molar-refractivity contribution is -0.0498. The number of carboxylic acid groups (broad SMARTS) is 1. The van der Waals surface area contributed by atoms with E-state index >= 15 is 0 Å². The van der Waals surface area contributed by atoms with Crippen molar-refractivity contribution < 1.29 is 28.2 Å². The molecule has 0 aliphatic rings. The summed E-state index contributed by atoms with van der Waals surface area (Å²) in [6.07, 6.45) is 0. The maximum absolute atomic E-state index is 12.4. The summed E-state index contributed by atoms with van der Waals surface area (Å²) in [7, 11) is 0. The first-order valence-corrected chi connectivity index (χ1v) is 8.39. The van der Waals surface area contributed by atoms with Crippen LogP contribution >= 0.6 is 22.7 Å². The molecule has 0 bridgehead atoms. The summed E-state index contributed by atoms with van der Waals surface area (Å²) < 4.78 is 29.2. The molecule has 2 aromatic heterocycles. The Morgan fingerprint density at radius 2 is 1.96 bits per heavy atom. The van der Waals surface area contributed by atoms with E-state index in [9.17, 15) is 18.4 Å². The van der Waals surface area contributed by atoms with Crippen LogP contribution in [0.15, 0.2) is 6.07 Å². The van der Waals surface area contributed by atoms with Gasteiger partial charge in [0.2, 0.25) is 0 Å². The van der Waals surface area contributed by atoms with Crippen LogP contribution in [0.25, 0.3) is 0 Å². The van der Waals surface area contributed by atoms with Crippen LogP contribution in [0.4, 0.5) is 8.78 Å². The van der Waals surface area contributed by atoms with Gasteiger partial charge in [-0.25, -0.2) is 9.78 Å². The second-order valence-electron chi connectivity index (χ2n) is 4.90. The number of rotatable bonds is 6. The number of carboxylic acids is 1. The average molecular weight is 376 g/mol. The molecule has 1 atom stereocenters. The van der Waals surface area contributed by atoms with Crippen LogP contribution in [0, 0.1) is 13.8 Å². The molecular formula is C14H14F2N2O4S2. The maximum atomic E-state index is 12.4. The number of amides is 1. The number of ether oxygens (including phenoxy) is 1. The van der Waals surface area contributed by atoms with Gasteiger partial charge < -0.3 is 15.2 Å². The van der Waals surface area contributed by atoms with Gasteiger partial charge in [-0.3, -0.25) is 4.79 Å². The molecule has 0 saturated heterocycles. The van der Waals surface area contributed by atoms with E-state index in [1.807, 2.05) is 0 Å². The first-order chi connectivity index (χ1) is 11.2. The molecule has 1 amide bonds. The summed E-state index contributed by atoms with van der Waals surface area (Å²) in [5.74, 6) is -1.85. The molecule has 2 rings (SSSR count). The number of nitrogens with one attached hydrogen (secondary N) is 1. The zero-order chi connectivity index (χ0) is 18.0. The second-order valence-corrected chi connectivity index (χ2v) is 7.18. The van der Waals surface area contributed by atoms with E-state index in [-0.39, 0.29) is 15.5 Å². The number of hydrogen-bond acceptors (Lipinski definition) is 6. The van der Waals surface area contributed by atoms with Crippen LogP contribution in [0.1, 0.15) is 47.9 Å². The van der Waals surface area contributed by atoms with Gasteiger partial charge in [0.25, 0.3) is 5.91 Å². The standard InChI is InChI=1S/C14H14F2N2O4S2/c1-5-4-8(22-14(15)16)10(23-5)11(19)17-7(3)12-18-6(2)9(24-12)13(20)21/h4,7,14H,1-3H3,(H,17,19)(H,20,21). The van der Waals surface area contributed by atoms with E-state index in [1.165, 1.54) is 6.07 Å². The topological polar surface area (TPSA) is 88.5 Å². The number of aromatic carboxylic acids is 1. The largest absolute Gasteiger partial charge is 0.477 e. The average Bonchev–Trinajstić information content (AvgIpc) is 3.01. The van der Waals surface area contributed by atoms with Gasteiger partial charge in [0.05, 0.1) is 11.7 Å². The van der Waals surface area contributed by atoms with Crippen molar-refractivity contribution in [2.45, 2.75) is 33.4 Å². The number of halogens is 2. The Morgan fingerprint density at radius 3 is 2.50 bits per heavy atom. The fourth-order valence-electron chi connectivity index (χ4n) is 1.96. The summed E-state index contributed by atoms with van der Waals surface area (Å²) in [6, 6.07) is 0.794. The van der Waals surface area contributed by atoms with Gasteiger partial charge in [-0.2, -0.15) is 8.78 Å². The Bertz CT molecular complexity index is 773. The molecule has 2 heterocycles. The normalized spacial score (nSPS) is 12.2. The number of carbonyl (C=O) groups is 2. The number of carbonyl (C=O) groups excluding carboxylic acids is 1. The van der Waals surface area contributed by atoms with E-state index in [0.717, 1.165) is 22.7 Å². The van der Waals surface area contributed by atoms with Crippen LogP contribution in [0.2, 0.25) is 0 Å². The van der Waals surface area contributed by atoms with Crippen LogP contribution in [-0.2, 0) is 0 Å². The molecule has 6 nitrogen and oxygen atoms in total. The highest BCUT2D eigenvalue weighted by molar-refractivity contribution is 7.14. The monoisotopic (exact) mass is 376 g/mol. The van der Waals surface area contributed by atoms with Gasteiger partial charge in [0.1, 0.15) is 20.5 Å². The van der Waals surface area contributed by atoms with E-state index < -0.39 is 24.5 Å². The summed E-state index contributed by atoms with van der Waals surface area (Å²) in [5.41, 5.74) is 0.359. The number of aromatic nitrogens is 1. The van der Waals surface area contributed by atoms with Crippen LogP contribution in [-0.4, -0.2) is 28.6 Å². The molecular weight excluding hydrogens is 362 g/mol. The Kier molecular flexibility index (Phi) is 5.50. The number of thiophene rings is 1. The van der Waals surface area contributed by atoms with Crippen molar-refractivity contribution in [3.8, 4) is 5.75 Å². The maximum Gasteiger partial charge on any atom is 0.387 e. The smallest absolute Gasteiger partial charge is 0.387 e. The highest BCUT2D eigenvalue weighted by Crippen LogP contribution is 2.31. The number of alkyl halides is 2. The quantitative estimate of drug-likeness (QED) is 0.804. The van der Waals surface area contributed by atoms with Crippen molar-refractivity contribution in [2.75, 3.05) is 0 Å². The first kappa shape index (κ1) is 18.3. The predicted octanol–water partition coefficient (Wildman–Crippen LogP) is 3.61. The molecule has 0 aliphatic carbocycles. The first-order valence-electron chi connectivity index (χ1n) is 6.75. The molecule has 0 radical (unpaired) electrons. The van der Waals surface area contributed by atoms with E-state index in [1.54, 1.807) is 20.8 Å². The van der Waals surface area contributed by atoms with Gasteiger partial charge in [0.15, 0.2) is 0 Å². The minimum atomic E-state index is -3.03. The molecule has 0 saturated carbocycles. The highest BCUT2D eigenvalue weighted by atomic mass is 32.1. The molecule has 1 unspecified atom stereocenters. The van der Waals surface area contributed by atoms with Crippen molar-refractivity contribution in [2.24, 2.45) is 0 Å². The minimum Gasteiger partial charge on any atom is -0.477 e. The molecule has 10 heteroatoms. The van der Waals surface area contributed by atoms with Crippen molar-refractivity contribution in [3.05, 3.63) is 31.4 Å². The van der Waals surface area contributed by atoms with E-state index in [4.69, 9.17) is 5.11 Å². The van der Waals surface area contributed by atoms with Crippen LogP contribution in [0.3, 0.4) is 0 Å². The van der Waals surface area contributed by atoms with E-state index in [2.05, 4.69) is 15.0 Å². The number of hydrogen-bond donors (Lipinski definition) is 2. The molecule has 0 aromatic carbocycles. The summed E-state index contributed by atoms with van der Waals surface area (Å²) in [5, 5.41) is 12.1. The van der Waals surface area contributed by atoms with E-state index in [0.29, 0.717) is 15.6 Å². The summed E-state index contributed by atoms with van der Waals surface area (Å²) in [4.78, 5) is 28.3. The summed E-state index contributed by atoms with van der Waals surface area (Å²) in [6.45, 7) is 1.85. The van der Waals surface area contributed by atoms with Gasteiger partial charge in [-0.05, 0) is 26.8 Å². The minimum absolute atomic E-state index is 0.0337. The van der Waals surface area contributed by atoms with Crippen molar-refractivity contribution in [1.29, 1.82) is 0 Å². The lowest BCUT2D eigenvalue weighted by Gasteiger charge is -2.11. The number of aryl methyl sites for hydroxylation is 2. The number of thiazole rings is 1. The second kappa shape index (κ2) is 7.22.